The second kappa shape index (κ2) is 5.52. The van der Waals surface area contributed by atoms with Gasteiger partial charge >= 0.3 is 6.09 Å². The van der Waals surface area contributed by atoms with Crippen molar-refractivity contribution in [2.24, 2.45) is 4.99 Å². The molecule has 0 atom stereocenters. The third-order valence-electron chi connectivity index (χ3n) is 1.91. The van der Waals surface area contributed by atoms with Crippen molar-refractivity contribution in [2.75, 3.05) is 6.54 Å². The van der Waals surface area contributed by atoms with E-state index in [1.165, 1.54) is 0 Å². The normalized spacial score (nSPS) is 16.0. The Labute approximate surface area is 102 Å². The van der Waals surface area contributed by atoms with Gasteiger partial charge in [-0.3, -0.25) is 10.3 Å². The summed E-state index contributed by atoms with van der Waals surface area (Å²) in [7, 11) is 0. The van der Waals surface area contributed by atoms with Crippen LogP contribution in [0.2, 0.25) is 0 Å². The van der Waals surface area contributed by atoms with E-state index in [0.717, 1.165) is 5.71 Å². The molecule has 0 aromatic heterocycles. The Hall–Kier alpha value is -1.78. The Morgan fingerprint density at radius 1 is 1.53 bits per heavy atom. The molecule has 94 valence electrons. The Kier molecular flexibility index (Phi) is 4.31. The number of amides is 1. The predicted molar refractivity (Wildman–Crippen MR) is 67.7 cm³/mol. The number of rotatable bonds is 1. The van der Waals surface area contributed by atoms with Crippen LogP contribution in [0.4, 0.5) is 4.79 Å². The third kappa shape index (κ3) is 5.19. The van der Waals surface area contributed by atoms with Crippen LogP contribution in [0.5, 0.6) is 0 Å². The maximum atomic E-state index is 11.6. The number of allylic oxidation sites excluding steroid dienone is 1. The Morgan fingerprint density at radius 3 is 2.88 bits per heavy atom. The lowest BCUT2D eigenvalue weighted by Crippen LogP contribution is -2.34. The van der Waals surface area contributed by atoms with Gasteiger partial charge in [0.2, 0.25) is 0 Å². The van der Waals surface area contributed by atoms with Crippen LogP contribution in [-0.2, 0) is 4.74 Å². The molecular formula is C12H19N3O2. The standard InChI is InChI=1S/C12H19N3O2/c1-9-10(5-6-13-7-8-14-9)15-11(16)17-12(2,3)4/h5,7-8,13H,6H2,1-4H3,(H,15,16). The first-order valence-electron chi connectivity index (χ1n) is 5.52. The highest BCUT2D eigenvalue weighted by molar-refractivity contribution is 6.00. The number of hydrogen-bond donors (Lipinski definition) is 2. The number of alkyl carbamates (subject to hydrolysis) is 1. The van der Waals surface area contributed by atoms with E-state index < -0.39 is 11.7 Å². The van der Waals surface area contributed by atoms with Gasteiger partial charge in [-0.2, -0.15) is 0 Å². The van der Waals surface area contributed by atoms with Crippen molar-refractivity contribution in [1.29, 1.82) is 0 Å². The average Bonchev–Trinajstić information content (AvgIpc) is 2.15. The van der Waals surface area contributed by atoms with Crippen LogP contribution in [0.1, 0.15) is 27.7 Å². The van der Waals surface area contributed by atoms with Crippen LogP contribution in [0, 0.1) is 0 Å². The monoisotopic (exact) mass is 237 g/mol. The molecule has 5 nitrogen and oxygen atoms in total. The van der Waals surface area contributed by atoms with Gasteiger partial charge in [-0.15, -0.1) is 0 Å². The second-order valence-electron chi connectivity index (χ2n) is 4.68. The highest BCUT2D eigenvalue weighted by Gasteiger charge is 2.17. The van der Waals surface area contributed by atoms with Gasteiger partial charge in [0.1, 0.15) is 5.60 Å². The summed E-state index contributed by atoms with van der Waals surface area (Å²) in [6, 6.07) is 0. The molecule has 0 saturated heterocycles. The molecular weight excluding hydrogens is 218 g/mol. The quantitative estimate of drug-likeness (QED) is 0.732. The topological polar surface area (TPSA) is 62.7 Å². The maximum absolute atomic E-state index is 11.6. The first kappa shape index (κ1) is 13.3. The minimum atomic E-state index is -0.505. The molecule has 0 aromatic carbocycles. The lowest BCUT2D eigenvalue weighted by Gasteiger charge is -2.20. The molecule has 0 saturated carbocycles. The Bertz CT molecular complexity index is 376. The molecule has 1 heterocycles. The molecule has 1 aliphatic heterocycles. The van der Waals surface area contributed by atoms with Crippen molar-refractivity contribution < 1.29 is 9.53 Å². The van der Waals surface area contributed by atoms with Gasteiger partial charge < -0.3 is 10.1 Å². The number of carbonyl (C=O) groups is 1. The van der Waals surface area contributed by atoms with Gasteiger partial charge in [0.25, 0.3) is 0 Å². The van der Waals surface area contributed by atoms with Crippen LogP contribution < -0.4 is 10.6 Å². The van der Waals surface area contributed by atoms with Crippen molar-refractivity contribution >= 4 is 11.8 Å². The highest BCUT2D eigenvalue weighted by Crippen LogP contribution is 2.07. The largest absolute Gasteiger partial charge is 0.444 e. The summed E-state index contributed by atoms with van der Waals surface area (Å²) in [5, 5.41) is 5.69. The molecule has 0 spiro atoms. The minimum absolute atomic E-state index is 0.470. The maximum Gasteiger partial charge on any atom is 0.412 e. The summed E-state index contributed by atoms with van der Waals surface area (Å²) in [4.78, 5) is 15.8. The van der Waals surface area contributed by atoms with Crippen molar-refractivity contribution in [1.82, 2.24) is 10.6 Å². The van der Waals surface area contributed by atoms with Gasteiger partial charge in [-0.05, 0) is 33.8 Å². The zero-order valence-corrected chi connectivity index (χ0v) is 10.7. The van der Waals surface area contributed by atoms with E-state index in [4.69, 9.17) is 4.74 Å². The summed E-state index contributed by atoms with van der Waals surface area (Å²) in [6.07, 6.45) is 4.79. The molecule has 5 heteroatoms. The number of carbonyl (C=O) groups excluding carboxylic acids is 1. The SMILES string of the molecule is CC1=NC=CNCC=C1NC(=O)OC(C)(C)C. The van der Waals surface area contributed by atoms with E-state index >= 15 is 0 Å². The molecule has 0 radical (unpaired) electrons. The molecule has 0 bridgehead atoms. The lowest BCUT2D eigenvalue weighted by molar-refractivity contribution is 0.0549. The number of nitrogens with zero attached hydrogens (tertiary/aromatic N) is 1. The van der Waals surface area contributed by atoms with E-state index in [-0.39, 0.29) is 0 Å². The molecule has 2 N–H and O–H groups in total. The number of aliphatic imine (C=N–C) groups is 1. The number of nitrogens with one attached hydrogen (secondary N) is 2. The average molecular weight is 237 g/mol. The zero-order valence-electron chi connectivity index (χ0n) is 10.7. The van der Waals surface area contributed by atoms with Crippen LogP contribution in [0.15, 0.2) is 29.2 Å². The van der Waals surface area contributed by atoms with E-state index in [1.54, 1.807) is 12.4 Å². The van der Waals surface area contributed by atoms with Crippen molar-refractivity contribution in [3.63, 3.8) is 0 Å². The fourth-order valence-electron chi connectivity index (χ4n) is 1.20. The highest BCUT2D eigenvalue weighted by atomic mass is 16.6. The van der Waals surface area contributed by atoms with E-state index in [0.29, 0.717) is 12.2 Å². The molecule has 1 aliphatic rings. The first-order valence-corrected chi connectivity index (χ1v) is 5.52. The van der Waals surface area contributed by atoms with Crippen LogP contribution >= 0.6 is 0 Å². The number of hydrogen-bond acceptors (Lipinski definition) is 4. The van der Waals surface area contributed by atoms with E-state index in [2.05, 4.69) is 15.6 Å². The molecule has 0 aliphatic carbocycles. The minimum Gasteiger partial charge on any atom is -0.444 e. The molecule has 1 rings (SSSR count). The van der Waals surface area contributed by atoms with Gasteiger partial charge in [-0.25, -0.2) is 4.79 Å². The van der Waals surface area contributed by atoms with Crippen molar-refractivity contribution in [3.8, 4) is 0 Å². The summed E-state index contributed by atoms with van der Waals surface area (Å²) in [6.45, 7) is 7.94. The van der Waals surface area contributed by atoms with Crippen LogP contribution in [-0.4, -0.2) is 24.0 Å². The van der Waals surface area contributed by atoms with Gasteiger partial charge in [0.05, 0.1) is 11.4 Å². The summed E-state index contributed by atoms with van der Waals surface area (Å²) >= 11 is 0. The van der Waals surface area contributed by atoms with Crippen molar-refractivity contribution in [2.45, 2.75) is 33.3 Å². The van der Waals surface area contributed by atoms with Gasteiger partial charge in [0.15, 0.2) is 0 Å². The van der Waals surface area contributed by atoms with Gasteiger partial charge in [0, 0.05) is 18.9 Å². The fraction of sp³-hybridized carbons (Fsp3) is 0.500. The van der Waals surface area contributed by atoms with E-state index in [1.807, 2.05) is 33.8 Å². The predicted octanol–water partition coefficient (Wildman–Crippen LogP) is 1.93. The second-order valence-corrected chi connectivity index (χ2v) is 4.68. The summed E-state index contributed by atoms with van der Waals surface area (Å²) in [5.41, 5.74) is 0.903. The smallest absolute Gasteiger partial charge is 0.412 e. The molecule has 0 unspecified atom stereocenters. The van der Waals surface area contributed by atoms with Crippen molar-refractivity contribution in [3.05, 3.63) is 24.2 Å². The molecule has 0 aromatic rings. The summed E-state index contributed by atoms with van der Waals surface area (Å²) in [5.74, 6) is 0. The third-order valence-corrected chi connectivity index (χ3v) is 1.91. The van der Waals surface area contributed by atoms with Crippen LogP contribution in [0.25, 0.3) is 0 Å². The molecule has 17 heavy (non-hydrogen) atoms. The zero-order chi connectivity index (χ0) is 12.9. The van der Waals surface area contributed by atoms with Crippen LogP contribution in [0.3, 0.4) is 0 Å². The lowest BCUT2D eigenvalue weighted by atomic mass is 10.2. The summed E-state index contributed by atoms with van der Waals surface area (Å²) < 4.78 is 5.18. The Balaban J connectivity index is 2.66. The fourth-order valence-corrected chi connectivity index (χ4v) is 1.20. The van der Waals surface area contributed by atoms with Gasteiger partial charge in [-0.1, -0.05) is 0 Å². The van der Waals surface area contributed by atoms with E-state index in [9.17, 15) is 4.79 Å². The first-order chi connectivity index (χ1) is 7.88. The molecule has 0 fully saturated rings. The Morgan fingerprint density at radius 2 is 2.24 bits per heavy atom. The molecule has 1 amide bonds. The number of ether oxygens (including phenoxy) is 1.